The number of hydrogen-bond acceptors (Lipinski definition) is 2. The second-order valence-corrected chi connectivity index (χ2v) is 5.51. The normalized spacial score (nSPS) is 12.6. The van der Waals surface area contributed by atoms with Crippen molar-refractivity contribution in [1.29, 1.82) is 0 Å². The third kappa shape index (κ3) is 3.44. The van der Waals surface area contributed by atoms with Gasteiger partial charge in [-0.2, -0.15) is 0 Å². The summed E-state index contributed by atoms with van der Waals surface area (Å²) in [7, 11) is 0. The molecule has 0 saturated carbocycles. The second kappa shape index (κ2) is 6.72. The first-order chi connectivity index (χ1) is 8.83. The number of benzene rings is 1. The van der Waals surface area contributed by atoms with Crippen molar-refractivity contribution in [1.82, 2.24) is 5.32 Å². The van der Waals surface area contributed by atoms with Gasteiger partial charge >= 0.3 is 0 Å². The molecule has 0 aliphatic heterocycles. The largest absolute Gasteiger partial charge is 0.305 e. The molecule has 0 spiro atoms. The molecule has 1 atom stereocenters. The van der Waals surface area contributed by atoms with Crippen LogP contribution in [0.15, 0.2) is 41.8 Å². The summed E-state index contributed by atoms with van der Waals surface area (Å²) in [5, 5.41) is 5.78. The van der Waals surface area contributed by atoms with Crippen LogP contribution in [0.3, 0.4) is 0 Å². The first-order valence-corrected chi connectivity index (χ1v) is 7.56. The Labute approximate surface area is 114 Å². The van der Waals surface area contributed by atoms with Crippen LogP contribution in [0, 0.1) is 0 Å². The number of aryl methyl sites for hydroxylation is 1. The Morgan fingerprint density at radius 2 is 1.78 bits per heavy atom. The molecule has 2 heteroatoms. The lowest BCUT2D eigenvalue weighted by Crippen LogP contribution is -2.19. The summed E-state index contributed by atoms with van der Waals surface area (Å²) in [6.45, 7) is 5.37. The van der Waals surface area contributed by atoms with Gasteiger partial charge < -0.3 is 5.32 Å². The highest BCUT2D eigenvalue weighted by atomic mass is 32.1. The van der Waals surface area contributed by atoms with Crippen LogP contribution in [0.2, 0.25) is 0 Å². The van der Waals surface area contributed by atoms with Crippen molar-refractivity contribution < 1.29 is 0 Å². The molecule has 1 aromatic carbocycles. The molecule has 1 heterocycles. The van der Waals surface area contributed by atoms with Gasteiger partial charge in [0.15, 0.2) is 0 Å². The molecule has 0 aliphatic carbocycles. The fourth-order valence-corrected chi connectivity index (χ4v) is 2.96. The van der Waals surface area contributed by atoms with Crippen LogP contribution in [-0.4, -0.2) is 0 Å². The maximum atomic E-state index is 3.64. The Bertz CT molecular complexity index is 444. The van der Waals surface area contributed by atoms with Crippen molar-refractivity contribution in [2.75, 3.05) is 0 Å². The number of thiophene rings is 1. The minimum Gasteiger partial charge on any atom is -0.305 e. The lowest BCUT2D eigenvalue weighted by atomic mass is 10.1. The zero-order valence-electron chi connectivity index (χ0n) is 11.1. The van der Waals surface area contributed by atoms with Gasteiger partial charge in [-0.3, -0.25) is 0 Å². The lowest BCUT2D eigenvalue weighted by Gasteiger charge is -2.15. The molecule has 0 saturated heterocycles. The van der Waals surface area contributed by atoms with Crippen molar-refractivity contribution in [3.05, 3.63) is 57.8 Å². The van der Waals surface area contributed by atoms with E-state index in [4.69, 9.17) is 0 Å². The van der Waals surface area contributed by atoms with Gasteiger partial charge in [0.25, 0.3) is 0 Å². The van der Waals surface area contributed by atoms with Crippen molar-refractivity contribution >= 4 is 11.3 Å². The summed E-state index contributed by atoms with van der Waals surface area (Å²) in [4.78, 5) is 1.43. The monoisotopic (exact) mass is 259 g/mol. The van der Waals surface area contributed by atoms with Crippen LogP contribution < -0.4 is 5.32 Å². The highest BCUT2D eigenvalue weighted by Gasteiger charge is 2.09. The van der Waals surface area contributed by atoms with E-state index >= 15 is 0 Å². The van der Waals surface area contributed by atoms with Crippen LogP contribution >= 0.6 is 11.3 Å². The van der Waals surface area contributed by atoms with Gasteiger partial charge in [-0.25, -0.2) is 0 Å². The Morgan fingerprint density at radius 3 is 2.33 bits per heavy atom. The fourth-order valence-electron chi connectivity index (χ4n) is 2.07. The molecule has 0 radical (unpaired) electrons. The maximum absolute atomic E-state index is 3.64. The quantitative estimate of drug-likeness (QED) is 0.802. The van der Waals surface area contributed by atoms with Crippen LogP contribution in [0.4, 0.5) is 0 Å². The van der Waals surface area contributed by atoms with Gasteiger partial charge in [0.2, 0.25) is 0 Å². The first-order valence-electron chi connectivity index (χ1n) is 6.68. The van der Waals surface area contributed by atoms with Crippen LogP contribution in [0.25, 0.3) is 0 Å². The summed E-state index contributed by atoms with van der Waals surface area (Å²) in [5.74, 6) is 0. The predicted octanol–water partition coefficient (Wildman–Crippen LogP) is 4.55. The topological polar surface area (TPSA) is 12.0 Å². The zero-order valence-corrected chi connectivity index (χ0v) is 12.0. The van der Waals surface area contributed by atoms with Gasteiger partial charge in [-0.15, -0.1) is 11.3 Å². The van der Waals surface area contributed by atoms with Crippen molar-refractivity contribution in [3.63, 3.8) is 0 Å². The highest BCUT2D eigenvalue weighted by Crippen LogP contribution is 2.22. The van der Waals surface area contributed by atoms with E-state index in [9.17, 15) is 0 Å². The Kier molecular flexibility index (Phi) is 4.97. The molecule has 1 aromatic heterocycles. The molecular formula is C16H21NS. The molecule has 0 fully saturated rings. The SMILES string of the molecule is CCc1ccc(CNC(CC)c2cccs2)cc1. The second-order valence-electron chi connectivity index (χ2n) is 4.53. The number of rotatable bonds is 6. The van der Waals surface area contributed by atoms with E-state index < -0.39 is 0 Å². The summed E-state index contributed by atoms with van der Waals surface area (Å²) < 4.78 is 0. The number of hydrogen-bond donors (Lipinski definition) is 1. The third-order valence-electron chi connectivity index (χ3n) is 3.28. The summed E-state index contributed by atoms with van der Waals surface area (Å²) in [6, 6.07) is 13.7. The van der Waals surface area contributed by atoms with Crippen molar-refractivity contribution in [3.8, 4) is 0 Å². The van der Waals surface area contributed by atoms with Crippen LogP contribution in [0.5, 0.6) is 0 Å². The smallest absolute Gasteiger partial charge is 0.0414 e. The highest BCUT2D eigenvalue weighted by molar-refractivity contribution is 7.10. The Hall–Kier alpha value is -1.12. The molecular weight excluding hydrogens is 238 g/mol. The van der Waals surface area contributed by atoms with E-state index in [1.54, 1.807) is 0 Å². The van der Waals surface area contributed by atoms with Crippen molar-refractivity contribution in [2.45, 2.75) is 39.3 Å². The molecule has 0 aliphatic rings. The predicted molar refractivity (Wildman–Crippen MR) is 80.0 cm³/mol. The van der Waals surface area contributed by atoms with Gasteiger partial charge in [0.1, 0.15) is 0 Å². The molecule has 18 heavy (non-hydrogen) atoms. The average Bonchev–Trinajstić information content (AvgIpc) is 2.94. The average molecular weight is 259 g/mol. The van der Waals surface area contributed by atoms with E-state index in [0.29, 0.717) is 6.04 Å². The van der Waals surface area contributed by atoms with E-state index in [1.807, 2.05) is 11.3 Å². The summed E-state index contributed by atoms with van der Waals surface area (Å²) in [6.07, 6.45) is 2.24. The minimum atomic E-state index is 0.482. The molecule has 2 aromatic rings. The summed E-state index contributed by atoms with van der Waals surface area (Å²) in [5.41, 5.74) is 2.77. The third-order valence-corrected chi connectivity index (χ3v) is 4.26. The zero-order chi connectivity index (χ0) is 12.8. The van der Waals surface area contributed by atoms with E-state index in [-0.39, 0.29) is 0 Å². The van der Waals surface area contributed by atoms with Gasteiger partial charge in [0, 0.05) is 17.5 Å². The molecule has 96 valence electrons. The molecule has 1 unspecified atom stereocenters. The molecule has 0 bridgehead atoms. The van der Waals surface area contributed by atoms with E-state index in [1.165, 1.54) is 16.0 Å². The van der Waals surface area contributed by atoms with E-state index in [2.05, 4.69) is 60.9 Å². The molecule has 1 nitrogen and oxygen atoms in total. The molecule has 2 rings (SSSR count). The van der Waals surface area contributed by atoms with Gasteiger partial charge in [-0.05, 0) is 35.4 Å². The minimum absolute atomic E-state index is 0.482. The molecule has 1 N–H and O–H groups in total. The van der Waals surface area contributed by atoms with Crippen LogP contribution in [0.1, 0.15) is 42.3 Å². The summed E-state index contributed by atoms with van der Waals surface area (Å²) >= 11 is 1.83. The van der Waals surface area contributed by atoms with Crippen LogP contribution in [-0.2, 0) is 13.0 Å². The van der Waals surface area contributed by atoms with Gasteiger partial charge in [0.05, 0.1) is 0 Å². The first kappa shape index (κ1) is 13.3. The van der Waals surface area contributed by atoms with Crippen molar-refractivity contribution in [2.24, 2.45) is 0 Å². The van der Waals surface area contributed by atoms with Gasteiger partial charge in [-0.1, -0.05) is 44.2 Å². The Morgan fingerprint density at radius 1 is 1.06 bits per heavy atom. The lowest BCUT2D eigenvalue weighted by molar-refractivity contribution is 0.526. The fraction of sp³-hybridized carbons (Fsp3) is 0.375. The molecule has 0 amide bonds. The maximum Gasteiger partial charge on any atom is 0.0414 e. The van der Waals surface area contributed by atoms with E-state index in [0.717, 1.165) is 19.4 Å². The number of nitrogens with one attached hydrogen (secondary N) is 1. The Balaban J connectivity index is 1.93. The standard InChI is InChI=1S/C16H21NS/c1-3-13-7-9-14(10-8-13)12-17-15(4-2)16-6-5-11-18-16/h5-11,15,17H,3-4,12H2,1-2H3.